The minimum atomic E-state index is -3.67. The van der Waals surface area contributed by atoms with E-state index in [2.05, 4.69) is 9.44 Å². The SMILES string of the molecule is CC(C)NS(=O)(=O)Nc1ccccc1C(O)c1cccs1. The van der Waals surface area contributed by atoms with Crippen LogP contribution in [0.1, 0.15) is 30.4 Å². The Hall–Kier alpha value is -1.41. The van der Waals surface area contributed by atoms with Crippen LogP contribution in [0, 0.1) is 0 Å². The second-order valence-electron chi connectivity index (χ2n) is 4.88. The molecule has 3 N–H and O–H groups in total. The van der Waals surface area contributed by atoms with Gasteiger partial charge in [0.25, 0.3) is 10.2 Å². The Morgan fingerprint density at radius 3 is 2.48 bits per heavy atom. The van der Waals surface area contributed by atoms with Crippen LogP contribution in [-0.2, 0) is 10.2 Å². The summed E-state index contributed by atoms with van der Waals surface area (Å²) in [5, 5.41) is 12.3. The highest BCUT2D eigenvalue weighted by molar-refractivity contribution is 7.90. The van der Waals surface area contributed by atoms with Gasteiger partial charge in [0.05, 0.1) is 5.69 Å². The number of thiophene rings is 1. The van der Waals surface area contributed by atoms with Gasteiger partial charge in [0.1, 0.15) is 6.10 Å². The molecule has 0 saturated carbocycles. The summed E-state index contributed by atoms with van der Waals surface area (Å²) < 4.78 is 28.9. The van der Waals surface area contributed by atoms with Crippen LogP contribution < -0.4 is 9.44 Å². The van der Waals surface area contributed by atoms with E-state index >= 15 is 0 Å². The molecule has 0 fully saturated rings. The van der Waals surface area contributed by atoms with Gasteiger partial charge in [-0.3, -0.25) is 4.72 Å². The van der Waals surface area contributed by atoms with Gasteiger partial charge in [0, 0.05) is 16.5 Å². The highest BCUT2D eigenvalue weighted by Gasteiger charge is 2.19. The lowest BCUT2D eigenvalue weighted by Crippen LogP contribution is -2.35. The van der Waals surface area contributed by atoms with Crippen molar-refractivity contribution < 1.29 is 13.5 Å². The van der Waals surface area contributed by atoms with Crippen LogP contribution in [0.3, 0.4) is 0 Å². The number of benzene rings is 1. The number of rotatable bonds is 6. The molecule has 0 amide bonds. The summed E-state index contributed by atoms with van der Waals surface area (Å²) in [5.74, 6) is 0. The van der Waals surface area contributed by atoms with Crippen LogP contribution in [0.2, 0.25) is 0 Å². The maximum Gasteiger partial charge on any atom is 0.299 e. The third kappa shape index (κ3) is 4.28. The zero-order chi connectivity index (χ0) is 15.5. The highest BCUT2D eigenvalue weighted by Crippen LogP contribution is 2.31. The Morgan fingerprint density at radius 1 is 1.14 bits per heavy atom. The zero-order valence-corrected chi connectivity index (χ0v) is 13.4. The van der Waals surface area contributed by atoms with Crippen LogP contribution in [0.5, 0.6) is 0 Å². The molecule has 0 aliphatic heterocycles. The van der Waals surface area contributed by atoms with Crippen molar-refractivity contribution in [2.45, 2.75) is 26.0 Å². The first kappa shape index (κ1) is 16.0. The fraction of sp³-hybridized carbons (Fsp3) is 0.286. The quantitative estimate of drug-likeness (QED) is 0.763. The van der Waals surface area contributed by atoms with Crippen molar-refractivity contribution in [3.8, 4) is 0 Å². The van der Waals surface area contributed by atoms with Gasteiger partial charge in [-0.15, -0.1) is 11.3 Å². The third-order valence-corrected chi connectivity index (χ3v) is 4.90. The smallest absolute Gasteiger partial charge is 0.299 e. The number of aliphatic hydroxyl groups excluding tert-OH is 1. The van der Waals surface area contributed by atoms with E-state index in [1.807, 2.05) is 17.5 Å². The molecule has 2 rings (SSSR count). The lowest BCUT2D eigenvalue weighted by atomic mass is 10.1. The monoisotopic (exact) mass is 326 g/mol. The molecule has 1 unspecified atom stereocenters. The van der Waals surface area contributed by atoms with Gasteiger partial charge >= 0.3 is 0 Å². The lowest BCUT2D eigenvalue weighted by molar-refractivity contribution is 0.225. The Bertz CT molecular complexity index is 682. The number of hydrogen-bond acceptors (Lipinski definition) is 4. The number of para-hydroxylation sites is 1. The number of anilines is 1. The molecule has 2 aromatic rings. The molecule has 0 bridgehead atoms. The van der Waals surface area contributed by atoms with Crippen molar-refractivity contribution in [3.63, 3.8) is 0 Å². The van der Waals surface area contributed by atoms with E-state index in [1.165, 1.54) is 11.3 Å². The summed E-state index contributed by atoms with van der Waals surface area (Å²) in [4.78, 5) is 0.762. The molecule has 0 radical (unpaired) electrons. The van der Waals surface area contributed by atoms with E-state index in [1.54, 1.807) is 38.1 Å². The van der Waals surface area contributed by atoms with Gasteiger partial charge in [-0.2, -0.15) is 13.1 Å². The summed E-state index contributed by atoms with van der Waals surface area (Å²) >= 11 is 1.42. The Labute approximate surface area is 128 Å². The topological polar surface area (TPSA) is 78.4 Å². The molecule has 1 aromatic heterocycles. The average Bonchev–Trinajstić information content (AvgIpc) is 2.90. The maximum absolute atomic E-state index is 12.0. The van der Waals surface area contributed by atoms with Crippen molar-refractivity contribution >= 4 is 27.2 Å². The maximum atomic E-state index is 12.0. The van der Waals surface area contributed by atoms with E-state index in [-0.39, 0.29) is 6.04 Å². The second kappa shape index (κ2) is 6.57. The van der Waals surface area contributed by atoms with Crippen LogP contribution in [-0.4, -0.2) is 19.6 Å². The van der Waals surface area contributed by atoms with Crippen LogP contribution in [0.15, 0.2) is 41.8 Å². The fourth-order valence-corrected chi connectivity index (χ4v) is 3.80. The van der Waals surface area contributed by atoms with Gasteiger partial charge in [0.15, 0.2) is 0 Å². The van der Waals surface area contributed by atoms with Crippen molar-refractivity contribution in [2.75, 3.05) is 4.72 Å². The highest BCUT2D eigenvalue weighted by atomic mass is 32.2. The van der Waals surface area contributed by atoms with E-state index in [0.29, 0.717) is 11.3 Å². The number of hydrogen-bond donors (Lipinski definition) is 3. The Kier molecular flexibility index (Phi) is 5.00. The normalized spacial score (nSPS) is 13.3. The molecule has 7 heteroatoms. The van der Waals surface area contributed by atoms with Gasteiger partial charge in [-0.25, -0.2) is 0 Å². The molecule has 114 valence electrons. The first-order valence-electron chi connectivity index (χ1n) is 6.49. The third-order valence-electron chi connectivity index (χ3n) is 2.70. The van der Waals surface area contributed by atoms with E-state index in [0.717, 1.165) is 4.88 Å². The molecule has 0 spiro atoms. The molecule has 0 aliphatic carbocycles. The number of aliphatic hydroxyl groups is 1. The minimum Gasteiger partial charge on any atom is -0.383 e. The van der Waals surface area contributed by atoms with Gasteiger partial charge in [-0.1, -0.05) is 24.3 Å². The second-order valence-corrected chi connectivity index (χ2v) is 7.31. The van der Waals surface area contributed by atoms with E-state index in [4.69, 9.17) is 0 Å². The Morgan fingerprint density at radius 2 is 1.86 bits per heavy atom. The molecule has 1 aromatic carbocycles. The largest absolute Gasteiger partial charge is 0.383 e. The summed E-state index contributed by atoms with van der Waals surface area (Å²) in [6.07, 6.45) is -0.858. The molecular weight excluding hydrogens is 308 g/mol. The van der Waals surface area contributed by atoms with E-state index < -0.39 is 16.3 Å². The molecule has 5 nitrogen and oxygen atoms in total. The molecule has 1 atom stereocenters. The molecular formula is C14H18N2O3S2. The fourth-order valence-electron chi connectivity index (χ4n) is 1.91. The standard InChI is InChI=1S/C14H18N2O3S2/c1-10(2)15-21(18,19)16-12-7-4-3-6-11(12)14(17)13-8-5-9-20-13/h3-10,14-17H,1-2H3. The Balaban J connectivity index is 2.29. The summed E-state index contributed by atoms with van der Waals surface area (Å²) in [7, 11) is -3.67. The first-order chi connectivity index (χ1) is 9.89. The van der Waals surface area contributed by atoms with Gasteiger partial charge in [0.2, 0.25) is 0 Å². The lowest BCUT2D eigenvalue weighted by Gasteiger charge is -2.17. The molecule has 0 saturated heterocycles. The van der Waals surface area contributed by atoms with Crippen LogP contribution in [0.25, 0.3) is 0 Å². The predicted octanol–water partition coefficient (Wildman–Crippen LogP) is 2.48. The predicted molar refractivity (Wildman–Crippen MR) is 85.6 cm³/mol. The van der Waals surface area contributed by atoms with Crippen molar-refractivity contribution in [3.05, 3.63) is 52.2 Å². The molecule has 21 heavy (non-hydrogen) atoms. The minimum absolute atomic E-state index is 0.211. The summed E-state index contributed by atoms with van der Waals surface area (Å²) in [6.45, 7) is 3.48. The van der Waals surface area contributed by atoms with Gasteiger partial charge in [-0.05, 0) is 31.4 Å². The zero-order valence-electron chi connectivity index (χ0n) is 11.8. The number of nitrogens with one attached hydrogen (secondary N) is 2. The van der Waals surface area contributed by atoms with Crippen molar-refractivity contribution in [2.24, 2.45) is 0 Å². The van der Waals surface area contributed by atoms with Crippen LogP contribution >= 0.6 is 11.3 Å². The molecule has 1 heterocycles. The van der Waals surface area contributed by atoms with Gasteiger partial charge < -0.3 is 5.11 Å². The van der Waals surface area contributed by atoms with Crippen molar-refractivity contribution in [1.82, 2.24) is 4.72 Å². The average molecular weight is 326 g/mol. The molecule has 0 aliphatic rings. The van der Waals surface area contributed by atoms with Crippen molar-refractivity contribution in [1.29, 1.82) is 0 Å². The summed E-state index contributed by atoms with van der Waals surface area (Å²) in [5.41, 5.74) is 0.889. The summed E-state index contributed by atoms with van der Waals surface area (Å²) in [6, 6.07) is 10.3. The van der Waals surface area contributed by atoms with Crippen LogP contribution in [0.4, 0.5) is 5.69 Å². The first-order valence-corrected chi connectivity index (χ1v) is 8.86. The van der Waals surface area contributed by atoms with E-state index in [9.17, 15) is 13.5 Å².